The summed E-state index contributed by atoms with van der Waals surface area (Å²) in [7, 11) is 0. The Bertz CT molecular complexity index is 1080. The second kappa shape index (κ2) is 9.00. The molecule has 0 unspecified atom stereocenters. The van der Waals surface area contributed by atoms with Crippen molar-refractivity contribution in [3.63, 3.8) is 0 Å². The van der Waals surface area contributed by atoms with Crippen molar-refractivity contribution in [1.82, 2.24) is 10.2 Å². The molecule has 0 bridgehead atoms. The van der Waals surface area contributed by atoms with E-state index in [0.29, 0.717) is 21.0 Å². The first-order chi connectivity index (χ1) is 13.4. The summed E-state index contributed by atoms with van der Waals surface area (Å²) in [5.41, 5.74) is -0.354. The van der Waals surface area contributed by atoms with Crippen LogP contribution < -0.4 is 15.5 Å². The van der Waals surface area contributed by atoms with E-state index in [-0.39, 0.29) is 22.2 Å². The van der Waals surface area contributed by atoms with Crippen molar-refractivity contribution in [1.29, 1.82) is 0 Å². The first-order valence-corrected chi connectivity index (χ1v) is 9.92. The number of hydrogen-bond donors (Lipinski definition) is 1. The number of amides is 1. The lowest BCUT2D eigenvalue weighted by molar-refractivity contribution is -0.114. The largest absolute Gasteiger partial charge is 0.464 e. The van der Waals surface area contributed by atoms with Crippen molar-refractivity contribution in [2.24, 2.45) is 0 Å². The molecule has 0 aliphatic rings. The number of rotatable bonds is 6. The quantitative estimate of drug-likeness (QED) is 0.353. The van der Waals surface area contributed by atoms with Gasteiger partial charge in [0.05, 0.1) is 16.3 Å². The van der Waals surface area contributed by atoms with Gasteiger partial charge in [-0.2, -0.15) is 0 Å². The molecule has 2 heterocycles. The van der Waals surface area contributed by atoms with Crippen LogP contribution >= 0.6 is 34.7 Å². The standard InChI is InChI=1S/C17H12ClN3O5S2/c1-9(22)19-16-20-21-17(28-16)27-8-10-6-13(23)14(7-25-10)26-15(24)11-4-2-3-5-12(11)18/h2-7H,8H2,1H3,(H,19,20,22). The predicted molar refractivity (Wildman–Crippen MR) is 105 cm³/mol. The maximum absolute atomic E-state index is 12.2. The highest BCUT2D eigenvalue weighted by molar-refractivity contribution is 8.00. The molecule has 0 aliphatic carbocycles. The van der Waals surface area contributed by atoms with Gasteiger partial charge in [-0.3, -0.25) is 9.59 Å². The van der Waals surface area contributed by atoms with Gasteiger partial charge in [0.1, 0.15) is 12.0 Å². The molecule has 0 atom stereocenters. The molecular formula is C17H12ClN3O5S2. The summed E-state index contributed by atoms with van der Waals surface area (Å²) in [5.74, 6) is -0.547. The minimum atomic E-state index is -0.751. The van der Waals surface area contributed by atoms with Crippen LogP contribution in [0.3, 0.4) is 0 Å². The number of hydrogen-bond acceptors (Lipinski definition) is 9. The van der Waals surface area contributed by atoms with E-state index in [1.165, 1.54) is 42.2 Å². The maximum atomic E-state index is 12.2. The average molecular weight is 438 g/mol. The van der Waals surface area contributed by atoms with E-state index in [9.17, 15) is 14.4 Å². The highest BCUT2D eigenvalue weighted by atomic mass is 35.5. The van der Waals surface area contributed by atoms with Crippen molar-refractivity contribution in [2.75, 3.05) is 5.32 Å². The molecule has 1 amide bonds. The van der Waals surface area contributed by atoms with Gasteiger partial charge in [-0.1, -0.05) is 46.8 Å². The van der Waals surface area contributed by atoms with Gasteiger partial charge in [-0.25, -0.2) is 4.79 Å². The number of esters is 1. The highest BCUT2D eigenvalue weighted by Gasteiger charge is 2.15. The lowest BCUT2D eigenvalue weighted by Gasteiger charge is -2.05. The maximum Gasteiger partial charge on any atom is 0.345 e. The van der Waals surface area contributed by atoms with Gasteiger partial charge >= 0.3 is 5.97 Å². The fourth-order valence-electron chi connectivity index (χ4n) is 1.97. The van der Waals surface area contributed by atoms with E-state index in [0.717, 1.165) is 6.26 Å². The van der Waals surface area contributed by atoms with E-state index in [4.69, 9.17) is 20.8 Å². The Morgan fingerprint density at radius 2 is 2.11 bits per heavy atom. The number of carbonyl (C=O) groups excluding carboxylic acids is 2. The number of thioether (sulfide) groups is 1. The summed E-state index contributed by atoms with van der Waals surface area (Å²) >= 11 is 8.43. The van der Waals surface area contributed by atoms with E-state index in [1.807, 2.05) is 0 Å². The predicted octanol–water partition coefficient (Wildman–Crippen LogP) is 3.61. The summed E-state index contributed by atoms with van der Waals surface area (Å²) in [5, 5.41) is 10.9. The summed E-state index contributed by atoms with van der Waals surface area (Å²) < 4.78 is 11.0. The van der Waals surface area contributed by atoms with E-state index >= 15 is 0 Å². The normalized spacial score (nSPS) is 10.5. The fraction of sp³-hybridized carbons (Fsp3) is 0.118. The number of nitrogens with zero attached hydrogens (tertiary/aromatic N) is 2. The first kappa shape index (κ1) is 20.1. The van der Waals surface area contributed by atoms with Crippen molar-refractivity contribution >= 4 is 51.7 Å². The molecule has 11 heteroatoms. The van der Waals surface area contributed by atoms with Gasteiger partial charge in [0.2, 0.25) is 22.2 Å². The third-order valence-electron chi connectivity index (χ3n) is 3.18. The molecule has 3 aromatic rings. The smallest absolute Gasteiger partial charge is 0.345 e. The second-order valence-corrected chi connectivity index (χ2v) is 7.89. The Kier molecular flexibility index (Phi) is 6.45. The molecule has 2 aromatic heterocycles. The molecule has 0 aliphatic heterocycles. The number of benzene rings is 1. The van der Waals surface area contributed by atoms with Crippen LogP contribution in [-0.4, -0.2) is 22.1 Å². The van der Waals surface area contributed by atoms with Gasteiger partial charge in [0.15, 0.2) is 4.34 Å². The minimum Gasteiger partial charge on any atom is -0.464 e. The molecule has 0 radical (unpaired) electrons. The van der Waals surface area contributed by atoms with Crippen molar-refractivity contribution < 1.29 is 18.7 Å². The molecule has 3 rings (SSSR count). The number of carbonyl (C=O) groups is 2. The van der Waals surface area contributed by atoms with Crippen LogP contribution in [0.5, 0.6) is 5.75 Å². The third kappa shape index (κ3) is 5.18. The number of halogens is 1. The Morgan fingerprint density at radius 3 is 2.82 bits per heavy atom. The molecule has 0 saturated heterocycles. The van der Waals surface area contributed by atoms with Gasteiger partial charge in [-0.15, -0.1) is 10.2 Å². The topological polar surface area (TPSA) is 111 Å². The number of ether oxygens (including phenoxy) is 1. The van der Waals surface area contributed by atoms with Crippen molar-refractivity contribution in [2.45, 2.75) is 17.0 Å². The van der Waals surface area contributed by atoms with E-state index < -0.39 is 11.4 Å². The molecule has 1 N–H and O–H groups in total. The lowest BCUT2D eigenvalue weighted by Crippen LogP contribution is -2.15. The zero-order valence-electron chi connectivity index (χ0n) is 14.3. The zero-order chi connectivity index (χ0) is 20.1. The Balaban J connectivity index is 1.63. The van der Waals surface area contributed by atoms with E-state index in [1.54, 1.807) is 18.2 Å². The molecule has 8 nitrogen and oxygen atoms in total. The highest BCUT2D eigenvalue weighted by Crippen LogP contribution is 2.28. The van der Waals surface area contributed by atoms with E-state index in [2.05, 4.69) is 15.5 Å². The van der Waals surface area contributed by atoms with Crippen LogP contribution in [0.1, 0.15) is 23.0 Å². The van der Waals surface area contributed by atoms with Gasteiger partial charge < -0.3 is 14.5 Å². The van der Waals surface area contributed by atoms with Crippen LogP contribution in [0.15, 0.2) is 50.1 Å². The van der Waals surface area contributed by atoms with Gasteiger partial charge in [-0.05, 0) is 12.1 Å². The van der Waals surface area contributed by atoms with Crippen LogP contribution in [0.4, 0.5) is 5.13 Å². The minimum absolute atomic E-state index is 0.148. The zero-order valence-corrected chi connectivity index (χ0v) is 16.7. The fourth-order valence-corrected chi connectivity index (χ4v) is 3.87. The Hall–Kier alpha value is -2.69. The Labute approximate surface area is 171 Å². The van der Waals surface area contributed by atoms with Gasteiger partial charge in [0.25, 0.3) is 0 Å². The lowest BCUT2D eigenvalue weighted by atomic mass is 10.2. The van der Waals surface area contributed by atoms with Crippen molar-refractivity contribution in [3.05, 3.63) is 63.2 Å². The SMILES string of the molecule is CC(=O)Nc1nnc(SCc2cc(=O)c(OC(=O)c3ccccc3Cl)co2)s1. The molecule has 144 valence electrons. The summed E-state index contributed by atoms with van der Waals surface area (Å²) in [6.45, 7) is 1.38. The summed E-state index contributed by atoms with van der Waals surface area (Å²) in [4.78, 5) is 35.3. The second-order valence-electron chi connectivity index (χ2n) is 5.29. The van der Waals surface area contributed by atoms with Crippen molar-refractivity contribution in [3.8, 4) is 5.75 Å². The molecule has 28 heavy (non-hydrogen) atoms. The number of aromatic nitrogens is 2. The third-order valence-corrected chi connectivity index (χ3v) is 5.50. The summed E-state index contributed by atoms with van der Waals surface area (Å²) in [6, 6.07) is 7.59. The molecule has 1 aromatic carbocycles. The molecule has 0 saturated carbocycles. The molecule has 0 fully saturated rings. The van der Waals surface area contributed by atoms with Crippen LogP contribution in [0.2, 0.25) is 5.02 Å². The van der Waals surface area contributed by atoms with Crippen LogP contribution in [-0.2, 0) is 10.5 Å². The molecule has 0 spiro atoms. The number of anilines is 1. The first-order valence-electron chi connectivity index (χ1n) is 7.74. The summed E-state index contributed by atoms with van der Waals surface area (Å²) in [6.07, 6.45) is 1.08. The van der Waals surface area contributed by atoms with Gasteiger partial charge in [0, 0.05) is 13.0 Å². The monoisotopic (exact) mass is 437 g/mol. The average Bonchev–Trinajstić information content (AvgIpc) is 3.09. The molecular weight excluding hydrogens is 426 g/mol. The van der Waals surface area contributed by atoms with Crippen LogP contribution in [0.25, 0.3) is 0 Å². The Morgan fingerprint density at radius 1 is 1.32 bits per heavy atom. The van der Waals surface area contributed by atoms with Crippen LogP contribution in [0, 0.1) is 0 Å². The number of nitrogens with one attached hydrogen (secondary N) is 1.